The summed E-state index contributed by atoms with van der Waals surface area (Å²) in [6.07, 6.45) is 2.31. The number of hydrogen-bond acceptors (Lipinski definition) is 3. The molecule has 4 heteroatoms. The maximum absolute atomic E-state index is 5.44. The number of hydrogen-bond donors (Lipinski definition) is 0. The van der Waals surface area contributed by atoms with E-state index in [2.05, 4.69) is 19.0 Å². The van der Waals surface area contributed by atoms with Gasteiger partial charge in [-0.3, -0.25) is 0 Å². The van der Waals surface area contributed by atoms with Crippen molar-refractivity contribution < 1.29 is 9.47 Å². The molecule has 0 radical (unpaired) electrons. The third kappa shape index (κ3) is 12.2. The van der Waals surface area contributed by atoms with Gasteiger partial charge in [0, 0.05) is 12.5 Å². The minimum Gasteiger partial charge on any atom is -0.379 e. The normalized spacial score (nSPS) is 11.1. The van der Waals surface area contributed by atoms with E-state index in [0.29, 0.717) is 25.7 Å². The number of nitrogens with zero attached hydrogens (tertiary/aromatic N) is 1. The van der Waals surface area contributed by atoms with Crippen molar-refractivity contribution >= 4 is 11.6 Å². The smallest absolute Gasteiger partial charge is 0.0701 e. The van der Waals surface area contributed by atoms with E-state index in [9.17, 15) is 0 Å². The van der Waals surface area contributed by atoms with Crippen LogP contribution in [0.2, 0.25) is 0 Å². The molecule has 0 aromatic heterocycles. The Morgan fingerprint density at radius 3 is 2.14 bits per heavy atom. The standard InChI is InChI=1S/C10H22ClNO2/c1-12(2)6-3-4-7-13-9-10-14-8-5-11/h3-10H2,1-2H3. The summed E-state index contributed by atoms with van der Waals surface area (Å²) in [7, 11) is 4.17. The molecule has 0 fully saturated rings. The largest absolute Gasteiger partial charge is 0.379 e. The van der Waals surface area contributed by atoms with Gasteiger partial charge >= 0.3 is 0 Å². The number of unbranched alkanes of at least 4 members (excludes halogenated alkanes) is 1. The van der Waals surface area contributed by atoms with E-state index < -0.39 is 0 Å². The molecular weight excluding hydrogens is 202 g/mol. The van der Waals surface area contributed by atoms with E-state index in [0.717, 1.165) is 19.6 Å². The highest BCUT2D eigenvalue weighted by Crippen LogP contribution is 1.91. The minimum atomic E-state index is 0.558. The van der Waals surface area contributed by atoms with Crippen LogP contribution in [0.15, 0.2) is 0 Å². The molecular formula is C10H22ClNO2. The fourth-order valence-corrected chi connectivity index (χ4v) is 1.12. The molecule has 0 aromatic rings. The molecule has 0 aliphatic heterocycles. The van der Waals surface area contributed by atoms with Crippen molar-refractivity contribution in [2.24, 2.45) is 0 Å². The Morgan fingerprint density at radius 1 is 0.929 bits per heavy atom. The molecule has 0 spiro atoms. The Kier molecular flexibility index (Phi) is 11.4. The SMILES string of the molecule is CN(C)CCCCOCCOCCCl. The maximum Gasteiger partial charge on any atom is 0.0701 e. The highest BCUT2D eigenvalue weighted by Gasteiger charge is 1.92. The van der Waals surface area contributed by atoms with Gasteiger partial charge in [0.2, 0.25) is 0 Å². The lowest BCUT2D eigenvalue weighted by atomic mass is 10.3. The van der Waals surface area contributed by atoms with Crippen LogP contribution in [0.1, 0.15) is 12.8 Å². The predicted molar refractivity (Wildman–Crippen MR) is 60.1 cm³/mol. The third-order valence-corrected chi connectivity index (χ3v) is 1.89. The number of rotatable bonds is 10. The molecule has 86 valence electrons. The van der Waals surface area contributed by atoms with E-state index in [1.54, 1.807) is 0 Å². The van der Waals surface area contributed by atoms with Crippen molar-refractivity contribution in [3.05, 3.63) is 0 Å². The van der Waals surface area contributed by atoms with Crippen LogP contribution in [0.4, 0.5) is 0 Å². The Labute approximate surface area is 92.3 Å². The maximum atomic E-state index is 5.44. The molecule has 0 atom stereocenters. The van der Waals surface area contributed by atoms with Crippen LogP contribution in [0.25, 0.3) is 0 Å². The van der Waals surface area contributed by atoms with Crippen LogP contribution in [-0.2, 0) is 9.47 Å². The number of alkyl halides is 1. The van der Waals surface area contributed by atoms with Crippen molar-refractivity contribution in [1.29, 1.82) is 0 Å². The zero-order valence-corrected chi connectivity index (χ0v) is 10.1. The summed E-state index contributed by atoms with van der Waals surface area (Å²) in [6, 6.07) is 0. The van der Waals surface area contributed by atoms with Crippen LogP contribution < -0.4 is 0 Å². The van der Waals surface area contributed by atoms with Crippen LogP contribution >= 0.6 is 11.6 Å². The van der Waals surface area contributed by atoms with E-state index in [4.69, 9.17) is 21.1 Å². The summed E-state index contributed by atoms with van der Waals surface area (Å²) in [5.74, 6) is 0.558. The molecule has 0 saturated heterocycles. The second-order valence-electron chi connectivity index (χ2n) is 3.42. The Hall–Kier alpha value is 0.170. The molecule has 0 unspecified atom stereocenters. The minimum absolute atomic E-state index is 0.558. The molecule has 0 amide bonds. The Balaban J connectivity index is 2.85. The van der Waals surface area contributed by atoms with Gasteiger partial charge in [-0.15, -0.1) is 11.6 Å². The molecule has 3 nitrogen and oxygen atoms in total. The zero-order chi connectivity index (χ0) is 10.6. The summed E-state index contributed by atoms with van der Waals surface area (Å²) < 4.78 is 10.5. The topological polar surface area (TPSA) is 21.7 Å². The lowest BCUT2D eigenvalue weighted by Gasteiger charge is -2.09. The van der Waals surface area contributed by atoms with Crippen molar-refractivity contribution in [3.63, 3.8) is 0 Å². The highest BCUT2D eigenvalue weighted by atomic mass is 35.5. The Bertz CT molecular complexity index is 112. The van der Waals surface area contributed by atoms with E-state index >= 15 is 0 Å². The molecule has 0 aliphatic rings. The number of ether oxygens (including phenoxy) is 2. The van der Waals surface area contributed by atoms with Gasteiger partial charge in [-0.05, 0) is 33.5 Å². The molecule has 0 aromatic carbocycles. The molecule has 0 aliphatic carbocycles. The lowest BCUT2D eigenvalue weighted by molar-refractivity contribution is 0.0516. The first-order valence-electron chi connectivity index (χ1n) is 5.13. The van der Waals surface area contributed by atoms with Gasteiger partial charge in [-0.25, -0.2) is 0 Å². The van der Waals surface area contributed by atoms with Crippen molar-refractivity contribution in [2.45, 2.75) is 12.8 Å². The van der Waals surface area contributed by atoms with Crippen LogP contribution in [-0.4, -0.2) is 57.8 Å². The molecule has 14 heavy (non-hydrogen) atoms. The van der Waals surface area contributed by atoms with Gasteiger partial charge in [0.05, 0.1) is 19.8 Å². The molecule has 0 bridgehead atoms. The average Bonchev–Trinajstić information content (AvgIpc) is 2.15. The number of halogens is 1. The summed E-state index contributed by atoms with van der Waals surface area (Å²) in [6.45, 7) is 3.91. The summed E-state index contributed by atoms with van der Waals surface area (Å²) >= 11 is 5.44. The molecule has 0 rings (SSSR count). The monoisotopic (exact) mass is 223 g/mol. The van der Waals surface area contributed by atoms with Gasteiger partial charge in [0.15, 0.2) is 0 Å². The van der Waals surface area contributed by atoms with Gasteiger partial charge in [0.25, 0.3) is 0 Å². The van der Waals surface area contributed by atoms with Crippen molar-refractivity contribution in [2.75, 3.05) is 52.9 Å². The van der Waals surface area contributed by atoms with Crippen molar-refractivity contribution in [1.82, 2.24) is 4.90 Å². The second-order valence-corrected chi connectivity index (χ2v) is 3.80. The summed E-state index contributed by atoms with van der Waals surface area (Å²) in [5, 5.41) is 0. The summed E-state index contributed by atoms with van der Waals surface area (Å²) in [4.78, 5) is 2.18. The lowest BCUT2D eigenvalue weighted by Crippen LogP contribution is -2.14. The quantitative estimate of drug-likeness (QED) is 0.415. The van der Waals surface area contributed by atoms with Gasteiger partial charge < -0.3 is 14.4 Å². The molecule has 0 saturated carbocycles. The molecule has 0 N–H and O–H groups in total. The van der Waals surface area contributed by atoms with Gasteiger partial charge in [-0.2, -0.15) is 0 Å². The Morgan fingerprint density at radius 2 is 1.57 bits per heavy atom. The first kappa shape index (κ1) is 14.2. The first-order chi connectivity index (χ1) is 6.77. The fraction of sp³-hybridized carbons (Fsp3) is 1.00. The average molecular weight is 224 g/mol. The predicted octanol–water partition coefficient (Wildman–Crippen LogP) is 1.60. The van der Waals surface area contributed by atoms with Crippen LogP contribution in [0.3, 0.4) is 0 Å². The first-order valence-corrected chi connectivity index (χ1v) is 5.67. The molecule has 0 heterocycles. The fourth-order valence-electron chi connectivity index (χ4n) is 1.01. The van der Waals surface area contributed by atoms with E-state index in [1.165, 1.54) is 6.42 Å². The van der Waals surface area contributed by atoms with Crippen LogP contribution in [0.5, 0.6) is 0 Å². The highest BCUT2D eigenvalue weighted by molar-refractivity contribution is 6.17. The second kappa shape index (κ2) is 11.2. The third-order valence-electron chi connectivity index (χ3n) is 1.74. The van der Waals surface area contributed by atoms with Crippen molar-refractivity contribution in [3.8, 4) is 0 Å². The summed E-state index contributed by atoms with van der Waals surface area (Å²) in [5.41, 5.74) is 0. The van der Waals surface area contributed by atoms with Crippen LogP contribution in [0, 0.1) is 0 Å². The van der Waals surface area contributed by atoms with Gasteiger partial charge in [0.1, 0.15) is 0 Å². The van der Waals surface area contributed by atoms with E-state index in [1.807, 2.05) is 0 Å². The van der Waals surface area contributed by atoms with Gasteiger partial charge in [-0.1, -0.05) is 0 Å². The van der Waals surface area contributed by atoms with E-state index in [-0.39, 0.29) is 0 Å². The zero-order valence-electron chi connectivity index (χ0n) is 9.30.